The highest BCUT2D eigenvalue weighted by molar-refractivity contribution is 5.91. The van der Waals surface area contributed by atoms with Crippen molar-refractivity contribution in [2.75, 3.05) is 0 Å². The van der Waals surface area contributed by atoms with Gasteiger partial charge in [0.2, 0.25) is 0 Å². The van der Waals surface area contributed by atoms with Crippen molar-refractivity contribution in [1.82, 2.24) is 0 Å². The predicted molar refractivity (Wildman–Crippen MR) is 138 cm³/mol. The van der Waals surface area contributed by atoms with Crippen LogP contribution in [0.15, 0.2) is 102 Å². The van der Waals surface area contributed by atoms with Crippen molar-refractivity contribution < 1.29 is 23.5 Å². The molecule has 0 radical (unpaired) electrons. The lowest BCUT2D eigenvalue weighted by molar-refractivity contribution is -0.130. The maximum Gasteiger partial charge on any atom is 0.338 e. The molecule has 3 aromatic carbocycles. The monoisotopic (exact) mass is 464 g/mol. The Labute approximate surface area is 203 Å². The summed E-state index contributed by atoms with van der Waals surface area (Å²) in [5, 5.41) is 1.99. The molecule has 0 spiro atoms. The van der Waals surface area contributed by atoms with Gasteiger partial charge in [-0.05, 0) is 90.9 Å². The van der Waals surface area contributed by atoms with Crippen molar-refractivity contribution in [1.29, 1.82) is 0 Å². The van der Waals surface area contributed by atoms with E-state index in [-0.39, 0.29) is 0 Å². The molecular formula is C30H24O5. The second kappa shape index (κ2) is 10.1. The van der Waals surface area contributed by atoms with E-state index in [2.05, 4.69) is 13.2 Å². The zero-order valence-corrected chi connectivity index (χ0v) is 19.5. The Hall–Kier alpha value is -4.64. The Kier molecular flexibility index (Phi) is 6.78. The fourth-order valence-corrected chi connectivity index (χ4v) is 3.26. The molecule has 0 bridgehead atoms. The number of carbonyl (C=O) groups is 2. The number of hydrogen-bond acceptors (Lipinski definition) is 5. The highest BCUT2D eigenvalue weighted by atomic mass is 16.5. The van der Waals surface area contributed by atoms with Crippen LogP contribution in [0.3, 0.4) is 0 Å². The van der Waals surface area contributed by atoms with Crippen molar-refractivity contribution >= 4 is 34.9 Å². The van der Waals surface area contributed by atoms with Crippen molar-refractivity contribution in [3.8, 4) is 22.8 Å². The number of esters is 2. The molecule has 0 aliphatic carbocycles. The van der Waals surface area contributed by atoms with Gasteiger partial charge in [0.05, 0.1) is 0 Å². The average molecular weight is 465 g/mol. The van der Waals surface area contributed by atoms with Gasteiger partial charge >= 0.3 is 11.9 Å². The zero-order chi connectivity index (χ0) is 24.9. The molecule has 0 aliphatic heterocycles. The van der Waals surface area contributed by atoms with Gasteiger partial charge in [0.1, 0.15) is 23.0 Å². The Morgan fingerprint density at radius 2 is 1.31 bits per heavy atom. The van der Waals surface area contributed by atoms with E-state index in [1.807, 2.05) is 66.7 Å². The third-order valence-electron chi connectivity index (χ3n) is 5.16. The number of fused-ring (bicyclic) bond motifs is 1. The van der Waals surface area contributed by atoms with E-state index in [1.54, 1.807) is 32.0 Å². The second-order valence-corrected chi connectivity index (χ2v) is 8.17. The van der Waals surface area contributed by atoms with E-state index in [0.29, 0.717) is 34.2 Å². The fourth-order valence-electron chi connectivity index (χ4n) is 3.26. The Balaban J connectivity index is 1.45. The first-order valence-corrected chi connectivity index (χ1v) is 11.0. The highest BCUT2D eigenvalue weighted by Crippen LogP contribution is 2.27. The molecule has 0 unspecified atom stereocenters. The van der Waals surface area contributed by atoms with Gasteiger partial charge in [-0.2, -0.15) is 0 Å². The summed E-state index contributed by atoms with van der Waals surface area (Å²) >= 11 is 0. The van der Waals surface area contributed by atoms with Crippen molar-refractivity contribution in [2.24, 2.45) is 0 Å². The summed E-state index contributed by atoms with van der Waals surface area (Å²) in [5.41, 5.74) is 2.57. The maximum absolute atomic E-state index is 11.7. The maximum atomic E-state index is 11.7. The third-order valence-corrected chi connectivity index (χ3v) is 5.16. The van der Waals surface area contributed by atoms with Crippen LogP contribution in [0.25, 0.3) is 34.2 Å². The van der Waals surface area contributed by atoms with E-state index in [9.17, 15) is 9.59 Å². The minimum Gasteiger partial charge on any atom is -0.457 e. The number of carbonyl (C=O) groups excluding carboxylic acids is 2. The van der Waals surface area contributed by atoms with Gasteiger partial charge in [-0.15, -0.1) is 0 Å². The molecular weight excluding hydrogens is 440 g/mol. The molecule has 5 nitrogen and oxygen atoms in total. The molecule has 0 aliphatic rings. The van der Waals surface area contributed by atoms with Crippen molar-refractivity contribution in [2.45, 2.75) is 13.8 Å². The first kappa shape index (κ1) is 23.5. The van der Waals surface area contributed by atoms with Crippen LogP contribution in [0.4, 0.5) is 0 Å². The number of ether oxygens (including phenoxy) is 2. The molecule has 1 aromatic heterocycles. The molecule has 0 fully saturated rings. The van der Waals surface area contributed by atoms with Gasteiger partial charge in [0.25, 0.3) is 0 Å². The van der Waals surface area contributed by atoms with E-state index < -0.39 is 11.9 Å². The Morgan fingerprint density at radius 1 is 0.714 bits per heavy atom. The second-order valence-electron chi connectivity index (χ2n) is 8.17. The number of hydrogen-bond donors (Lipinski definition) is 0. The first-order chi connectivity index (χ1) is 16.8. The van der Waals surface area contributed by atoms with Gasteiger partial charge in [-0.3, -0.25) is 0 Å². The SMILES string of the molecule is C=C(C)C(=O)Oc1ccc(-c2ccc(/C=C/c3ccc4cc(OC(=O)C(=C)C)ccc4c3)o2)cc1. The quantitative estimate of drug-likeness (QED) is 0.164. The van der Waals surface area contributed by atoms with Gasteiger partial charge < -0.3 is 13.9 Å². The van der Waals surface area contributed by atoms with Crippen LogP contribution in [0.1, 0.15) is 25.2 Å². The molecule has 0 atom stereocenters. The number of rotatable bonds is 7. The minimum atomic E-state index is -0.455. The summed E-state index contributed by atoms with van der Waals surface area (Å²) in [7, 11) is 0. The van der Waals surface area contributed by atoms with Crippen LogP contribution in [0.2, 0.25) is 0 Å². The van der Waals surface area contributed by atoms with Crippen LogP contribution in [-0.2, 0) is 9.59 Å². The van der Waals surface area contributed by atoms with E-state index >= 15 is 0 Å². The van der Waals surface area contributed by atoms with E-state index in [4.69, 9.17) is 13.9 Å². The lowest BCUT2D eigenvalue weighted by Gasteiger charge is -2.06. The summed E-state index contributed by atoms with van der Waals surface area (Å²) in [6.07, 6.45) is 3.87. The predicted octanol–water partition coefficient (Wildman–Crippen LogP) is 7.23. The molecule has 0 saturated heterocycles. The Morgan fingerprint density at radius 3 is 2.00 bits per heavy atom. The number of furan rings is 1. The van der Waals surface area contributed by atoms with Gasteiger partial charge in [-0.1, -0.05) is 37.4 Å². The van der Waals surface area contributed by atoms with Gasteiger partial charge in [0.15, 0.2) is 0 Å². The lowest BCUT2D eigenvalue weighted by Crippen LogP contribution is -2.07. The van der Waals surface area contributed by atoms with Crippen LogP contribution in [-0.4, -0.2) is 11.9 Å². The van der Waals surface area contributed by atoms with Gasteiger partial charge in [0, 0.05) is 16.7 Å². The van der Waals surface area contributed by atoms with E-state index in [0.717, 1.165) is 21.9 Å². The molecule has 0 saturated carbocycles. The van der Waals surface area contributed by atoms with Crippen molar-refractivity contribution in [3.05, 3.63) is 108 Å². The fraction of sp³-hybridized carbons (Fsp3) is 0.0667. The first-order valence-electron chi connectivity index (χ1n) is 11.0. The summed E-state index contributed by atoms with van der Waals surface area (Å²) in [6.45, 7) is 10.4. The standard InChI is InChI=1S/C30H24O5/c1-19(2)29(31)34-26-12-8-22(9-13-26)28-16-15-25(33-28)11-6-21-5-7-24-18-27(14-10-23(24)17-21)35-30(32)20(3)4/h5-18H,1,3H2,2,4H3/b11-6+. The van der Waals surface area contributed by atoms with Crippen LogP contribution in [0, 0.1) is 0 Å². The zero-order valence-electron chi connectivity index (χ0n) is 19.5. The third kappa shape index (κ3) is 5.84. The molecule has 0 N–H and O–H groups in total. The smallest absolute Gasteiger partial charge is 0.338 e. The van der Waals surface area contributed by atoms with E-state index in [1.165, 1.54) is 0 Å². The summed E-state index contributed by atoms with van der Waals surface area (Å²) in [6, 6.07) is 22.4. The van der Waals surface area contributed by atoms with Crippen LogP contribution < -0.4 is 9.47 Å². The van der Waals surface area contributed by atoms with Crippen molar-refractivity contribution in [3.63, 3.8) is 0 Å². The molecule has 4 rings (SSSR count). The normalized spacial score (nSPS) is 10.9. The molecule has 4 aromatic rings. The topological polar surface area (TPSA) is 65.7 Å². The van der Waals surface area contributed by atoms with Crippen LogP contribution >= 0.6 is 0 Å². The summed E-state index contributed by atoms with van der Waals surface area (Å²) in [4.78, 5) is 23.4. The average Bonchev–Trinajstić information content (AvgIpc) is 3.32. The molecule has 35 heavy (non-hydrogen) atoms. The summed E-state index contributed by atoms with van der Waals surface area (Å²) in [5.74, 6) is 1.45. The van der Waals surface area contributed by atoms with Gasteiger partial charge in [-0.25, -0.2) is 9.59 Å². The largest absolute Gasteiger partial charge is 0.457 e. The Bertz CT molecular complexity index is 1470. The molecule has 5 heteroatoms. The summed E-state index contributed by atoms with van der Waals surface area (Å²) < 4.78 is 16.5. The molecule has 0 amide bonds. The molecule has 174 valence electrons. The minimum absolute atomic E-state index is 0.344. The number of benzene rings is 3. The lowest BCUT2D eigenvalue weighted by atomic mass is 10.1. The van der Waals surface area contributed by atoms with Crippen LogP contribution in [0.5, 0.6) is 11.5 Å². The molecule has 1 heterocycles. The highest BCUT2D eigenvalue weighted by Gasteiger charge is 2.08.